The summed E-state index contributed by atoms with van der Waals surface area (Å²) in [6.07, 6.45) is 0.727. The third kappa shape index (κ3) is 4.03. The first kappa shape index (κ1) is 14.5. The molecule has 1 heterocycles. The molecule has 1 rings (SSSR count). The Balaban J connectivity index is 2.52. The van der Waals surface area contributed by atoms with Crippen LogP contribution in [-0.2, 0) is 11.8 Å². The summed E-state index contributed by atoms with van der Waals surface area (Å²) < 4.78 is 6.45. The van der Waals surface area contributed by atoms with E-state index in [1.165, 1.54) is 10.8 Å². The van der Waals surface area contributed by atoms with Crippen molar-refractivity contribution < 1.29 is 14.3 Å². The highest BCUT2D eigenvalue weighted by molar-refractivity contribution is 6.28. The monoisotopic (exact) mass is 273 g/mol. The van der Waals surface area contributed by atoms with Crippen molar-refractivity contribution in [1.29, 1.82) is 0 Å². The van der Waals surface area contributed by atoms with Crippen LogP contribution in [0.25, 0.3) is 0 Å². The molecular formula is C11H16ClN3O3. The molecule has 0 saturated carbocycles. The number of ether oxygens (including phenoxy) is 1. The Morgan fingerprint density at radius 1 is 1.50 bits per heavy atom. The Kier molecular flexibility index (Phi) is 4.34. The largest absolute Gasteiger partial charge is 0.444 e. The summed E-state index contributed by atoms with van der Waals surface area (Å²) in [6.45, 7) is 5.07. The summed E-state index contributed by atoms with van der Waals surface area (Å²) in [5.74, 6) is -0.289. The van der Waals surface area contributed by atoms with Crippen LogP contribution in [0.4, 0.5) is 4.79 Å². The van der Waals surface area contributed by atoms with Crippen molar-refractivity contribution in [1.82, 2.24) is 14.9 Å². The van der Waals surface area contributed by atoms with Gasteiger partial charge < -0.3 is 14.6 Å². The molecule has 7 heteroatoms. The summed E-state index contributed by atoms with van der Waals surface area (Å²) >= 11 is 5.71. The maximum atomic E-state index is 11.8. The quantitative estimate of drug-likeness (QED) is 0.852. The van der Waals surface area contributed by atoms with Crippen LogP contribution in [0.3, 0.4) is 0 Å². The predicted molar refractivity (Wildman–Crippen MR) is 66.8 cm³/mol. The zero-order chi connectivity index (χ0) is 13.9. The molecule has 0 saturated heterocycles. The highest BCUT2D eigenvalue weighted by Crippen LogP contribution is 2.09. The fourth-order valence-corrected chi connectivity index (χ4v) is 1.34. The van der Waals surface area contributed by atoms with Crippen molar-refractivity contribution in [2.75, 3.05) is 6.54 Å². The number of alkyl carbamates (subject to hydrolysis) is 1. The lowest BCUT2D eigenvalue weighted by Crippen LogP contribution is -2.35. The number of nitrogens with zero attached hydrogens (tertiary/aromatic N) is 2. The zero-order valence-electron chi connectivity index (χ0n) is 10.8. The number of hydrogen-bond acceptors (Lipinski definition) is 4. The average Bonchev–Trinajstić information content (AvgIpc) is 2.54. The van der Waals surface area contributed by atoms with E-state index < -0.39 is 11.7 Å². The van der Waals surface area contributed by atoms with Crippen LogP contribution in [0, 0.1) is 0 Å². The number of amides is 1. The Bertz CT molecular complexity index is 463. The summed E-state index contributed by atoms with van der Waals surface area (Å²) in [5.41, 5.74) is -0.265. The minimum atomic E-state index is -0.635. The third-order valence-corrected chi connectivity index (χ3v) is 2.36. The molecule has 0 radical (unpaired) electrons. The average molecular weight is 274 g/mol. The van der Waals surface area contributed by atoms with Crippen molar-refractivity contribution in [3.63, 3.8) is 0 Å². The fraction of sp³-hybridized carbons (Fsp3) is 0.545. The summed E-state index contributed by atoms with van der Waals surface area (Å²) in [4.78, 5) is 26.9. The molecule has 18 heavy (non-hydrogen) atoms. The van der Waals surface area contributed by atoms with E-state index in [-0.39, 0.29) is 17.6 Å². The van der Waals surface area contributed by atoms with Gasteiger partial charge in [0.2, 0.25) is 5.28 Å². The second-order valence-electron chi connectivity index (χ2n) is 4.75. The Labute approximate surface area is 110 Å². The number of carbonyl (C=O) groups is 2. The molecule has 0 aliphatic rings. The van der Waals surface area contributed by atoms with Gasteiger partial charge in [0.25, 0.3) is 0 Å². The molecule has 0 bridgehead atoms. The Morgan fingerprint density at radius 2 is 2.11 bits per heavy atom. The van der Waals surface area contributed by atoms with E-state index in [0.717, 1.165) is 0 Å². The number of rotatable bonds is 3. The first-order valence-electron chi connectivity index (χ1n) is 5.38. The van der Waals surface area contributed by atoms with Gasteiger partial charge in [-0.2, -0.15) is 0 Å². The van der Waals surface area contributed by atoms with E-state index in [9.17, 15) is 9.59 Å². The summed E-state index contributed by atoms with van der Waals surface area (Å²) in [6, 6.07) is 0. The maximum absolute atomic E-state index is 11.8. The molecule has 6 nitrogen and oxygen atoms in total. The molecule has 0 spiro atoms. The van der Waals surface area contributed by atoms with Crippen LogP contribution >= 0.6 is 11.6 Å². The van der Waals surface area contributed by atoms with Crippen LogP contribution in [0.1, 0.15) is 31.3 Å². The minimum absolute atomic E-state index is 0.162. The molecule has 100 valence electrons. The molecule has 0 aliphatic carbocycles. The number of hydrogen-bond donors (Lipinski definition) is 1. The standard InChI is InChI=1S/C11H16ClN3O3/c1-11(2,3)18-10(17)14-6-8(16)7-5-13-9(12)15(7)4/h5H,6H2,1-4H3,(H,14,17). The van der Waals surface area contributed by atoms with Gasteiger partial charge in [0, 0.05) is 7.05 Å². The molecule has 0 unspecified atom stereocenters. The van der Waals surface area contributed by atoms with E-state index in [1.807, 2.05) is 0 Å². The molecule has 1 amide bonds. The second kappa shape index (κ2) is 5.39. The SMILES string of the molecule is Cn1c(C(=O)CNC(=O)OC(C)(C)C)cnc1Cl. The van der Waals surface area contributed by atoms with Gasteiger partial charge in [-0.15, -0.1) is 0 Å². The molecular weight excluding hydrogens is 258 g/mol. The Hall–Kier alpha value is -1.56. The summed E-state index contributed by atoms with van der Waals surface area (Å²) in [5, 5.41) is 2.60. The highest BCUT2D eigenvalue weighted by Gasteiger charge is 2.18. The topological polar surface area (TPSA) is 73.2 Å². The third-order valence-electron chi connectivity index (χ3n) is 2.01. The first-order chi connectivity index (χ1) is 8.20. The molecule has 1 N–H and O–H groups in total. The van der Waals surface area contributed by atoms with Crippen molar-refractivity contribution in [3.05, 3.63) is 17.2 Å². The number of nitrogens with one attached hydrogen (secondary N) is 1. The maximum Gasteiger partial charge on any atom is 0.408 e. The lowest BCUT2D eigenvalue weighted by atomic mass is 10.2. The molecule has 0 aliphatic heterocycles. The van der Waals surface area contributed by atoms with Crippen molar-refractivity contribution in [2.24, 2.45) is 7.05 Å². The smallest absolute Gasteiger partial charge is 0.408 e. The van der Waals surface area contributed by atoms with Gasteiger partial charge in [-0.3, -0.25) is 4.79 Å². The van der Waals surface area contributed by atoms with Crippen LogP contribution in [0.2, 0.25) is 5.28 Å². The molecule has 0 atom stereocenters. The predicted octanol–water partition coefficient (Wildman–Crippen LogP) is 1.78. The van der Waals surface area contributed by atoms with E-state index >= 15 is 0 Å². The van der Waals surface area contributed by atoms with Gasteiger partial charge in [0.05, 0.1) is 12.7 Å². The number of halogens is 1. The van der Waals surface area contributed by atoms with E-state index in [1.54, 1.807) is 27.8 Å². The van der Waals surface area contributed by atoms with Gasteiger partial charge in [-0.25, -0.2) is 9.78 Å². The van der Waals surface area contributed by atoms with Crippen LogP contribution in [0.5, 0.6) is 0 Å². The number of Topliss-reactive ketones (excluding diaryl/α,β-unsaturated/α-hetero) is 1. The van der Waals surface area contributed by atoms with Gasteiger partial charge in [-0.05, 0) is 32.4 Å². The lowest BCUT2D eigenvalue weighted by Gasteiger charge is -2.19. The number of imidazole rings is 1. The highest BCUT2D eigenvalue weighted by atomic mass is 35.5. The minimum Gasteiger partial charge on any atom is -0.444 e. The molecule has 0 aromatic carbocycles. The molecule has 0 fully saturated rings. The van der Waals surface area contributed by atoms with Crippen LogP contribution < -0.4 is 5.32 Å². The van der Waals surface area contributed by atoms with Gasteiger partial charge in [-0.1, -0.05) is 0 Å². The van der Waals surface area contributed by atoms with Crippen molar-refractivity contribution in [3.8, 4) is 0 Å². The lowest BCUT2D eigenvalue weighted by molar-refractivity contribution is 0.0520. The molecule has 1 aromatic heterocycles. The first-order valence-corrected chi connectivity index (χ1v) is 5.76. The zero-order valence-corrected chi connectivity index (χ0v) is 11.5. The van der Waals surface area contributed by atoms with Crippen molar-refractivity contribution in [2.45, 2.75) is 26.4 Å². The normalized spacial score (nSPS) is 11.2. The van der Waals surface area contributed by atoms with Gasteiger partial charge >= 0.3 is 6.09 Å². The Morgan fingerprint density at radius 3 is 2.56 bits per heavy atom. The van der Waals surface area contributed by atoms with Gasteiger partial charge in [0.15, 0.2) is 5.78 Å². The number of aromatic nitrogens is 2. The molecule has 1 aromatic rings. The van der Waals surface area contributed by atoms with E-state index in [4.69, 9.17) is 16.3 Å². The summed E-state index contributed by atoms with van der Waals surface area (Å²) in [7, 11) is 1.62. The fourth-order valence-electron chi connectivity index (χ4n) is 1.20. The van der Waals surface area contributed by atoms with Crippen LogP contribution in [-0.4, -0.2) is 33.6 Å². The van der Waals surface area contributed by atoms with E-state index in [2.05, 4.69) is 10.3 Å². The van der Waals surface area contributed by atoms with Crippen molar-refractivity contribution >= 4 is 23.5 Å². The van der Waals surface area contributed by atoms with Crippen LogP contribution in [0.15, 0.2) is 6.20 Å². The number of carbonyl (C=O) groups excluding carboxylic acids is 2. The van der Waals surface area contributed by atoms with E-state index in [0.29, 0.717) is 5.69 Å². The second-order valence-corrected chi connectivity index (χ2v) is 5.09. The number of ketones is 1. The van der Waals surface area contributed by atoms with Gasteiger partial charge in [0.1, 0.15) is 11.3 Å².